The Morgan fingerprint density at radius 2 is 2.30 bits per heavy atom. The molecule has 2 heteroatoms. The van der Waals surface area contributed by atoms with E-state index in [1.165, 1.54) is 6.08 Å². The molecule has 0 radical (unpaired) electrons. The Hall–Kier alpha value is -0.890. The van der Waals surface area contributed by atoms with E-state index in [0.717, 1.165) is 6.08 Å². The summed E-state index contributed by atoms with van der Waals surface area (Å²) in [6.45, 7) is 4.75. The minimum absolute atomic E-state index is 0.270. The van der Waals surface area contributed by atoms with E-state index >= 15 is 0 Å². The van der Waals surface area contributed by atoms with Crippen molar-refractivity contribution in [3.63, 3.8) is 0 Å². The minimum Gasteiger partial charge on any atom is -0.392 e. The molecule has 0 unspecified atom stereocenters. The van der Waals surface area contributed by atoms with Crippen molar-refractivity contribution < 1.29 is 9.50 Å². The number of rotatable bonds is 3. The molecule has 0 aromatic carbocycles. The van der Waals surface area contributed by atoms with E-state index in [4.69, 9.17) is 5.11 Å². The van der Waals surface area contributed by atoms with Crippen LogP contribution in [-0.4, -0.2) is 11.7 Å². The quantitative estimate of drug-likeness (QED) is 0.597. The molecule has 0 heterocycles. The zero-order valence-corrected chi connectivity index (χ0v) is 5.97. The Labute approximate surface area is 60.2 Å². The van der Waals surface area contributed by atoms with E-state index in [-0.39, 0.29) is 6.61 Å². The summed E-state index contributed by atoms with van der Waals surface area (Å²) in [5.41, 5.74) is 0.476. The molecule has 0 spiro atoms. The monoisotopic (exact) mass is 142 g/mol. The van der Waals surface area contributed by atoms with Crippen LogP contribution in [0.1, 0.15) is 6.92 Å². The largest absolute Gasteiger partial charge is 0.392 e. The van der Waals surface area contributed by atoms with Crippen molar-refractivity contribution in [1.29, 1.82) is 0 Å². The summed E-state index contributed by atoms with van der Waals surface area (Å²) < 4.78 is 12.6. The van der Waals surface area contributed by atoms with Gasteiger partial charge in [0.2, 0.25) is 0 Å². The fraction of sp³-hybridized carbons (Fsp3) is 0.250. The van der Waals surface area contributed by atoms with Crippen molar-refractivity contribution >= 4 is 0 Å². The third kappa shape index (κ3) is 3.20. The number of allylic oxidation sites excluding steroid dienone is 4. The summed E-state index contributed by atoms with van der Waals surface area (Å²) in [7, 11) is 0. The lowest BCUT2D eigenvalue weighted by Crippen LogP contribution is -1.80. The molecule has 0 aliphatic rings. The van der Waals surface area contributed by atoms with Crippen molar-refractivity contribution in [2.24, 2.45) is 0 Å². The first-order chi connectivity index (χ1) is 4.72. The molecule has 0 fully saturated rings. The molecule has 0 aliphatic heterocycles. The van der Waals surface area contributed by atoms with Gasteiger partial charge < -0.3 is 5.11 Å². The second kappa shape index (κ2) is 4.94. The Morgan fingerprint density at radius 3 is 2.70 bits per heavy atom. The fourth-order valence-corrected chi connectivity index (χ4v) is 0.498. The predicted molar refractivity (Wildman–Crippen MR) is 40.2 cm³/mol. The van der Waals surface area contributed by atoms with Crippen molar-refractivity contribution in [3.8, 4) is 0 Å². The van der Waals surface area contributed by atoms with E-state index in [1.54, 1.807) is 13.0 Å². The van der Waals surface area contributed by atoms with Crippen LogP contribution in [0.5, 0.6) is 0 Å². The van der Waals surface area contributed by atoms with Gasteiger partial charge in [-0.1, -0.05) is 18.7 Å². The van der Waals surface area contributed by atoms with Gasteiger partial charge in [0, 0.05) is 0 Å². The summed E-state index contributed by atoms with van der Waals surface area (Å²) in [6.07, 6.45) is 4.15. The number of hydrogen-bond acceptors (Lipinski definition) is 1. The topological polar surface area (TPSA) is 20.2 Å². The Balaban J connectivity index is 4.19. The molecular weight excluding hydrogens is 131 g/mol. The molecular formula is C8H11FO. The molecule has 0 rings (SSSR count). The third-order valence-corrected chi connectivity index (χ3v) is 1.02. The molecule has 0 aromatic heterocycles. The Bertz CT molecular complexity index is 168. The van der Waals surface area contributed by atoms with E-state index in [1.807, 2.05) is 0 Å². The van der Waals surface area contributed by atoms with E-state index < -0.39 is 5.83 Å². The first kappa shape index (κ1) is 9.11. The molecule has 0 bridgehead atoms. The summed E-state index contributed by atoms with van der Waals surface area (Å²) in [4.78, 5) is 0. The molecule has 10 heavy (non-hydrogen) atoms. The number of aliphatic hydroxyl groups excluding tert-OH is 1. The highest BCUT2D eigenvalue weighted by Crippen LogP contribution is 2.09. The van der Waals surface area contributed by atoms with Gasteiger partial charge >= 0.3 is 0 Å². The van der Waals surface area contributed by atoms with Crippen LogP contribution in [0.2, 0.25) is 0 Å². The molecule has 0 amide bonds. The van der Waals surface area contributed by atoms with Gasteiger partial charge in [0.1, 0.15) is 5.83 Å². The van der Waals surface area contributed by atoms with Gasteiger partial charge in [-0.25, -0.2) is 4.39 Å². The highest BCUT2D eigenvalue weighted by molar-refractivity contribution is 5.26. The van der Waals surface area contributed by atoms with Gasteiger partial charge in [-0.05, 0) is 18.6 Å². The predicted octanol–water partition coefficient (Wildman–Crippen LogP) is 1.96. The molecule has 0 atom stereocenters. The highest BCUT2D eigenvalue weighted by Gasteiger charge is 1.93. The van der Waals surface area contributed by atoms with Gasteiger partial charge in [-0.2, -0.15) is 0 Å². The Kier molecular flexibility index (Phi) is 4.50. The second-order valence-electron chi connectivity index (χ2n) is 1.82. The van der Waals surface area contributed by atoms with Crippen LogP contribution in [0, 0.1) is 0 Å². The van der Waals surface area contributed by atoms with Crippen LogP contribution in [-0.2, 0) is 0 Å². The lowest BCUT2D eigenvalue weighted by molar-refractivity contribution is 0.339. The van der Waals surface area contributed by atoms with Crippen LogP contribution < -0.4 is 0 Å². The van der Waals surface area contributed by atoms with Crippen molar-refractivity contribution in [2.75, 3.05) is 6.61 Å². The third-order valence-electron chi connectivity index (χ3n) is 1.02. The van der Waals surface area contributed by atoms with E-state index in [2.05, 4.69) is 6.58 Å². The summed E-state index contributed by atoms with van der Waals surface area (Å²) in [5.74, 6) is -0.401. The summed E-state index contributed by atoms with van der Waals surface area (Å²) in [5, 5.41) is 8.28. The first-order valence-corrected chi connectivity index (χ1v) is 2.98. The molecule has 1 nitrogen and oxygen atoms in total. The van der Waals surface area contributed by atoms with Gasteiger partial charge in [0.15, 0.2) is 0 Å². The average Bonchev–Trinajstić information content (AvgIpc) is 1.89. The summed E-state index contributed by atoms with van der Waals surface area (Å²) in [6, 6.07) is 0. The molecule has 0 aromatic rings. The van der Waals surface area contributed by atoms with Crippen LogP contribution >= 0.6 is 0 Å². The average molecular weight is 142 g/mol. The number of aliphatic hydroxyl groups is 1. The highest BCUT2D eigenvalue weighted by atomic mass is 19.1. The SMILES string of the molecule is C=C/C=C(C)\C(F)=C/CO. The zero-order chi connectivity index (χ0) is 7.98. The maximum absolute atomic E-state index is 12.6. The van der Waals surface area contributed by atoms with Gasteiger partial charge in [0.25, 0.3) is 0 Å². The molecule has 0 aliphatic carbocycles. The van der Waals surface area contributed by atoms with Crippen molar-refractivity contribution in [3.05, 3.63) is 36.2 Å². The summed E-state index contributed by atoms with van der Waals surface area (Å²) >= 11 is 0. The molecule has 0 saturated heterocycles. The standard InChI is InChI=1S/C8H11FO/c1-3-4-7(2)8(9)5-6-10/h3-5,10H,1,6H2,2H3/b7-4-,8-5+. The van der Waals surface area contributed by atoms with Crippen molar-refractivity contribution in [2.45, 2.75) is 6.92 Å². The second-order valence-corrected chi connectivity index (χ2v) is 1.82. The molecule has 1 N–H and O–H groups in total. The lowest BCUT2D eigenvalue weighted by atomic mass is 10.2. The van der Waals surface area contributed by atoms with Crippen molar-refractivity contribution in [1.82, 2.24) is 0 Å². The lowest BCUT2D eigenvalue weighted by Gasteiger charge is -1.92. The minimum atomic E-state index is -0.401. The van der Waals surface area contributed by atoms with Crippen LogP contribution in [0.25, 0.3) is 0 Å². The maximum atomic E-state index is 12.6. The maximum Gasteiger partial charge on any atom is 0.124 e. The van der Waals surface area contributed by atoms with Crippen LogP contribution in [0.3, 0.4) is 0 Å². The smallest absolute Gasteiger partial charge is 0.124 e. The zero-order valence-electron chi connectivity index (χ0n) is 5.97. The molecule has 0 saturated carbocycles. The number of hydrogen-bond donors (Lipinski definition) is 1. The normalized spacial score (nSPS) is 13.5. The van der Waals surface area contributed by atoms with Gasteiger partial charge in [-0.15, -0.1) is 0 Å². The van der Waals surface area contributed by atoms with E-state index in [0.29, 0.717) is 5.57 Å². The van der Waals surface area contributed by atoms with E-state index in [9.17, 15) is 4.39 Å². The first-order valence-electron chi connectivity index (χ1n) is 2.98. The van der Waals surface area contributed by atoms with Crippen LogP contribution in [0.4, 0.5) is 4.39 Å². The van der Waals surface area contributed by atoms with Gasteiger partial charge in [0.05, 0.1) is 6.61 Å². The molecule has 56 valence electrons. The number of halogens is 1. The Morgan fingerprint density at radius 1 is 1.70 bits per heavy atom. The fourth-order valence-electron chi connectivity index (χ4n) is 0.498. The van der Waals surface area contributed by atoms with Crippen LogP contribution in [0.15, 0.2) is 36.2 Å². The van der Waals surface area contributed by atoms with Gasteiger partial charge in [-0.3, -0.25) is 0 Å².